The summed E-state index contributed by atoms with van der Waals surface area (Å²) >= 11 is 0. The molecule has 1 rings (SSSR count). The van der Waals surface area contributed by atoms with E-state index in [-0.39, 0.29) is 5.41 Å². The molecule has 0 saturated carbocycles. The summed E-state index contributed by atoms with van der Waals surface area (Å²) in [6.45, 7) is 15.2. The summed E-state index contributed by atoms with van der Waals surface area (Å²) in [6.07, 6.45) is 0. The van der Waals surface area contributed by atoms with E-state index < -0.39 is 0 Å². The Hall–Kier alpha value is -1.24. The molecule has 0 spiro atoms. The van der Waals surface area contributed by atoms with Gasteiger partial charge >= 0.3 is 0 Å². The van der Waals surface area contributed by atoms with E-state index in [1.54, 1.807) is 0 Å². The van der Waals surface area contributed by atoms with E-state index in [0.717, 1.165) is 11.3 Å². The van der Waals surface area contributed by atoms with Crippen molar-refractivity contribution in [3.8, 4) is 5.75 Å². The highest BCUT2D eigenvalue weighted by Gasteiger charge is 2.17. The summed E-state index contributed by atoms with van der Waals surface area (Å²) < 4.78 is 5.73. The molecule has 1 aromatic carbocycles. The van der Waals surface area contributed by atoms with E-state index in [0.29, 0.717) is 6.61 Å². The molecule has 0 aliphatic carbocycles. The van der Waals surface area contributed by atoms with Gasteiger partial charge in [-0.05, 0) is 42.0 Å². The fourth-order valence-corrected chi connectivity index (χ4v) is 1.78. The zero-order valence-corrected chi connectivity index (χ0v) is 11.1. The van der Waals surface area contributed by atoms with Gasteiger partial charge in [0.05, 0.1) is 0 Å². The Bertz CT molecular complexity index is 383. The number of hydrogen-bond donors (Lipinski definition) is 0. The standard InChI is InChI=1S/C15H22O/c1-11(2)10-16-14-9-7-8-13(12(14)3)15(4,5)6/h7-9H,1,10H2,2-6H3. The second kappa shape index (κ2) is 4.73. The maximum Gasteiger partial charge on any atom is 0.122 e. The van der Waals surface area contributed by atoms with Gasteiger partial charge in [-0.2, -0.15) is 0 Å². The number of hydrogen-bond acceptors (Lipinski definition) is 1. The van der Waals surface area contributed by atoms with Crippen LogP contribution < -0.4 is 4.74 Å². The molecule has 0 aliphatic heterocycles. The normalized spacial score (nSPS) is 11.3. The second-order valence-electron chi connectivity index (χ2n) is 5.42. The topological polar surface area (TPSA) is 9.23 Å². The highest BCUT2D eigenvalue weighted by atomic mass is 16.5. The predicted octanol–water partition coefficient (Wildman–Crippen LogP) is 4.25. The van der Waals surface area contributed by atoms with Gasteiger partial charge in [0.2, 0.25) is 0 Å². The Morgan fingerprint density at radius 3 is 2.44 bits per heavy atom. The van der Waals surface area contributed by atoms with Crippen molar-refractivity contribution in [2.45, 2.75) is 40.0 Å². The number of benzene rings is 1. The Kier molecular flexibility index (Phi) is 3.79. The lowest BCUT2D eigenvalue weighted by Crippen LogP contribution is -2.13. The van der Waals surface area contributed by atoms with E-state index >= 15 is 0 Å². The van der Waals surface area contributed by atoms with Crippen molar-refractivity contribution < 1.29 is 4.74 Å². The molecule has 0 saturated heterocycles. The minimum atomic E-state index is 0.159. The first kappa shape index (κ1) is 12.8. The van der Waals surface area contributed by atoms with Crippen molar-refractivity contribution in [3.05, 3.63) is 41.5 Å². The zero-order valence-electron chi connectivity index (χ0n) is 11.1. The average Bonchev–Trinajstić information content (AvgIpc) is 2.14. The molecular weight excluding hydrogens is 196 g/mol. The summed E-state index contributed by atoms with van der Waals surface area (Å²) in [6, 6.07) is 6.25. The van der Waals surface area contributed by atoms with Crippen LogP contribution in [0.25, 0.3) is 0 Å². The van der Waals surface area contributed by atoms with Gasteiger partial charge in [0, 0.05) is 0 Å². The van der Waals surface area contributed by atoms with Crippen LogP contribution in [0.15, 0.2) is 30.4 Å². The molecule has 88 valence electrons. The number of rotatable bonds is 3. The smallest absolute Gasteiger partial charge is 0.122 e. The summed E-state index contributed by atoms with van der Waals surface area (Å²) in [5.41, 5.74) is 3.77. The van der Waals surface area contributed by atoms with Crippen LogP contribution in [0.4, 0.5) is 0 Å². The van der Waals surface area contributed by atoms with Crippen molar-refractivity contribution in [1.29, 1.82) is 0 Å². The molecule has 0 radical (unpaired) electrons. The van der Waals surface area contributed by atoms with Crippen LogP contribution in [-0.2, 0) is 5.41 Å². The van der Waals surface area contributed by atoms with Crippen molar-refractivity contribution >= 4 is 0 Å². The maximum atomic E-state index is 5.73. The van der Waals surface area contributed by atoms with Crippen molar-refractivity contribution in [2.24, 2.45) is 0 Å². The third kappa shape index (κ3) is 3.13. The lowest BCUT2D eigenvalue weighted by molar-refractivity contribution is 0.348. The van der Waals surface area contributed by atoms with Crippen LogP contribution in [-0.4, -0.2) is 6.61 Å². The molecule has 0 unspecified atom stereocenters. The summed E-state index contributed by atoms with van der Waals surface area (Å²) in [5, 5.41) is 0. The minimum Gasteiger partial charge on any atom is -0.489 e. The van der Waals surface area contributed by atoms with Gasteiger partial charge in [-0.15, -0.1) is 0 Å². The fourth-order valence-electron chi connectivity index (χ4n) is 1.78. The van der Waals surface area contributed by atoms with Gasteiger partial charge in [0.15, 0.2) is 0 Å². The molecular formula is C15H22O. The molecule has 0 N–H and O–H groups in total. The summed E-state index contributed by atoms with van der Waals surface area (Å²) in [7, 11) is 0. The van der Waals surface area contributed by atoms with Crippen molar-refractivity contribution in [2.75, 3.05) is 6.61 Å². The summed E-state index contributed by atoms with van der Waals surface area (Å²) in [5.74, 6) is 0.968. The van der Waals surface area contributed by atoms with E-state index in [4.69, 9.17) is 4.74 Å². The van der Waals surface area contributed by atoms with Crippen LogP contribution in [0.5, 0.6) is 5.75 Å². The molecule has 0 aromatic heterocycles. The SMILES string of the molecule is C=C(C)COc1cccc(C(C)(C)C)c1C. The Labute approximate surface area is 99.1 Å². The summed E-state index contributed by atoms with van der Waals surface area (Å²) in [4.78, 5) is 0. The van der Waals surface area contributed by atoms with Crippen LogP contribution in [0.2, 0.25) is 0 Å². The molecule has 0 aliphatic rings. The molecule has 0 atom stereocenters. The molecule has 1 aromatic rings. The Morgan fingerprint density at radius 2 is 1.94 bits per heavy atom. The van der Waals surface area contributed by atoms with Crippen molar-refractivity contribution in [3.63, 3.8) is 0 Å². The Balaban J connectivity index is 3.00. The molecule has 1 nitrogen and oxygen atoms in total. The molecule has 0 amide bonds. The predicted molar refractivity (Wildman–Crippen MR) is 70.2 cm³/mol. The average molecular weight is 218 g/mol. The minimum absolute atomic E-state index is 0.159. The largest absolute Gasteiger partial charge is 0.489 e. The number of ether oxygens (including phenoxy) is 1. The van der Waals surface area contributed by atoms with Crippen LogP contribution in [0.3, 0.4) is 0 Å². The van der Waals surface area contributed by atoms with Gasteiger partial charge < -0.3 is 4.74 Å². The van der Waals surface area contributed by atoms with Gasteiger partial charge in [-0.1, -0.05) is 39.5 Å². The van der Waals surface area contributed by atoms with Gasteiger partial charge in [-0.3, -0.25) is 0 Å². The lowest BCUT2D eigenvalue weighted by Gasteiger charge is -2.23. The van der Waals surface area contributed by atoms with E-state index in [1.165, 1.54) is 11.1 Å². The van der Waals surface area contributed by atoms with Crippen LogP contribution >= 0.6 is 0 Å². The fraction of sp³-hybridized carbons (Fsp3) is 0.467. The van der Waals surface area contributed by atoms with Gasteiger partial charge in [0.25, 0.3) is 0 Å². The highest BCUT2D eigenvalue weighted by molar-refractivity contribution is 5.42. The third-order valence-electron chi connectivity index (χ3n) is 2.57. The van der Waals surface area contributed by atoms with Crippen LogP contribution in [0.1, 0.15) is 38.8 Å². The van der Waals surface area contributed by atoms with Crippen molar-refractivity contribution in [1.82, 2.24) is 0 Å². The van der Waals surface area contributed by atoms with E-state index in [2.05, 4.69) is 46.4 Å². The monoisotopic (exact) mass is 218 g/mol. The highest BCUT2D eigenvalue weighted by Crippen LogP contribution is 2.30. The first-order valence-corrected chi connectivity index (χ1v) is 5.69. The first-order valence-electron chi connectivity index (χ1n) is 5.69. The van der Waals surface area contributed by atoms with Gasteiger partial charge in [0.1, 0.15) is 12.4 Å². The van der Waals surface area contributed by atoms with Crippen LogP contribution in [0, 0.1) is 6.92 Å². The van der Waals surface area contributed by atoms with E-state index in [1.807, 2.05) is 13.0 Å². The molecule has 0 heterocycles. The molecule has 16 heavy (non-hydrogen) atoms. The molecule has 0 bridgehead atoms. The molecule has 1 heteroatoms. The van der Waals surface area contributed by atoms with E-state index in [9.17, 15) is 0 Å². The maximum absolute atomic E-state index is 5.73. The lowest BCUT2D eigenvalue weighted by atomic mass is 9.84. The molecule has 0 fully saturated rings. The first-order chi connectivity index (χ1) is 7.32. The van der Waals surface area contributed by atoms with Gasteiger partial charge in [-0.25, -0.2) is 0 Å². The zero-order chi connectivity index (χ0) is 12.3. The second-order valence-corrected chi connectivity index (χ2v) is 5.42. The Morgan fingerprint density at radius 1 is 1.31 bits per heavy atom. The quantitative estimate of drug-likeness (QED) is 0.689. The third-order valence-corrected chi connectivity index (χ3v) is 2.57.